The predicted molar refractivity (Wildman–Crippen MR) is 152 cm³/mol. The number of hydrogen-bond donors (Lipinski definition) is 4. The molecule has 2 aliphatic rings. The van der Waals surface area contributed by atoms with Gasteiger partial charge in [0.15, 0.2) is 16.3 Å². The molecule has 3 aromatic rings. The Kier molecular flexibility index (Phi) is 7.64. The Morgan fingerprint density at radius 3 is 2.73 bits per heavy atom. The van der Waals surface area contributed by atoms with Crippen molar-refractivity contribution in [2.45, 2.75) is 15.6 Å². The van der Waals surface area contributed by atoms with Gasteiger partial charge in [0.1, 0.15) is 27.5 Å². The normalized spacial score (nSPS) is 19.1. The molecule has 2 aliphatic heterocycles. The maximum atomic E-state index is 12.9. The molecule has 5 N–H and O–H groups in total. The van der Waals surface area contributed by atoms with Crippen LogP contribution in [0.25, 0.3) is 9.40 Å². The number of rotatable bonds is 8. The molecule has 2 amide bonds. The van der Waals surface area contributed by atoms with Crippen molar-refractivity contribution in [3.8, 4) is 0 Å². The third kappa shape index (κ3) is 4.96. The van der Waals surface area contributed by atoms with E-state index >= 15 is 0 Å². The van der Waals surface area contributed by atoms with Gasteiger partial charge in [0, 0.05) is 17.2 Å². The second-order valence-electron chi connectivity index (χ2n) is 7.95. The molecule has 0 saturated carbocycles. The van der Waals surface area contributed by atoms with Crippen LogP contribution in [0.4, 0.5) is 10.8 Å². The number of nitrogen functional groups attached to an aromatic ring is 1. The maximum Gasteiger partial charge on any atom is 0.352 e. The smallest absolute Gasteiger partial charge is 0.352 e. The van der Waals surface area contributed by atoms with E-state index in [9.17, 15) is 39.6 Å². The van der Waals surface area contributed by atoms with Crippen molar-refractivity contribution in [1.82, 2.24) is 15.2 Å². The number of nitrogens with two attached hydrogens (primary N) is 1. The minimum Gasteiger partial charge on any atom is -0.477 e. The minimum absolute atomic E-state index is 0.0243. The Balaban J connectivity index is 1.33. The monoisotopic (exact) mass is 638 g/mol. The number of nitrogens with zero attached hydrogens (tertiary/aromatic N) is 4. The average molecular weight is 639 g/mol. The number of allylic oxidation sites excluding steroid dienone is 1. The van der Waals surface area contributed by atoms with E-state index in [0.717, 1.165) is 50.7 Å². The average Bonchev–Trinajstić information content (AvgIpc) is 3.54. The first-order chi connectivity index (χ1) is 19.1. The summed E-state index contributed by atoms with van der Waals surface area (Å²) in [4.78, 5) is 65.7. The largest absolute Gasteiger partial charge is 0.477 e. The van der Waals surface area contributed by atoms with E-state index in [1.54, 1.807) is 5.41 Å². The molecule has 0 aromatic carbocycles. The van der Waals surface area contributed by atoms with Crippen LogP contribution in [-0.4, -0.2) is 65.8 Å². The molecular formula is C21H14N6O8S5. The third-order valence-corrected chi connectivity index (χ3v) is 10.8. The number of thiophene rings is 1. The highest BCUT2D eigenvalue weighted by Gasteiger charge is 2.54. The van der Waals surface area contributed by atoms with Crippen molar-refractivity contribution < 1.29 is 29.6 Å². The summed E-state index contributed by atoms with van der Waals surface area (Å²) < 4.78 is 1.04. The first-order valence-corrected chi connectivity index (χ1v) is 15.3. The Morgan fingerprint density at radius 1 is 1.30 bits per heavy atom. The van der Waals surface area contributed by atoms with Gasteiger partial charge in [-0.2, -0.15) is 0 Å². The lowest BCUT2D eigenvalue weighted by Crippen LogP contribution is -2.71. The first kappa shape index (κ1) is 27.8. The molecule has 1 fully saturated rings. The SMILES string of the molecule is Nc1nc(/C(=N\O)C(=O)NC2C(=O)N3C(C(=O)O)=C(/C=C/Sc4cc(=O)c5scc([N+](=O)[O-])c5s4)CS[C@H]23)cs1. The van der Waals surface area contributed by atoms with E-state index in [-0.39, 0.29) is 38.1 Å². The number of amides is 2. The number of β-lactam (4-membered cyclic amide) rings is 1. The Hall–Kier alpha value is -3.78. The molecule has 206 valence electrons. The zero-order chi connectivity index (χ0) is 28.7. The highest BCUT2D eigenvalue weighted by Crippen LogP contribution is 2.42. The summed E-state index contributed by atoms with van der Waals surface area (Å²) in [6.45, 7) is 0. The number of nitro groups is 1. The van der Waals surface area contributed by atoms with Gasteiger partial charge in [-0.3, -0.25) is 29.4 Å². The number of fused-ring (bicyclic) bond motifs is 2. The van der Waals surface area contributed by atoms with Crippen LogP contribution >= 0.6 is 57.5 Å². The summed E-state index contributed by atoms with van der Waals surface area (Å²) >= 11 is 5.42. The summed E-state index contributed by atoms with van der Waals surface area (Å²) in [7, 11) is 0. The standard InChI is InChI=1S/C21H14N6O8S5/c22-21-23-8(5-39-21)12(25-33)17(29)24-13-18(30)26-14(20(31)32)7(4-38-19(13)26)1-2-36-11-3-10(28)16-15(40-11)9(6-37-16)27(34)35/h1-3,5-6,13,19,33H,4H2,(H2,22,23)(H,24,29)(H,31,32)/b2-1+,25-12+/t13?,19-/m1/s1. The number of carboxylic acids is 1. The number of oxime groups is 1. The topological polar surface area (TPSA) is 218 Å². The summed E-state index contributed by atoms with van der Waals surface area (Å²) in [5.74, 6) is -2.70. The van der Waals surface area contributed by atoms with Crippen molar-refractivity contribution in [1.29, 1.82) is 0 Å². The fraction of sp³-hybridized carbons (Fsp3) is 0.143. The zero-order valence-corrected chi connectivity index (χ0v) is 23.6. The highest BCUT2D eigenvalue weighted by molar-refractivity contribution is 8.04. The molecule has 3 aromatic heterocycles. The Morgan fingerprint density at radius 2 is 2.08 bits per heavy atom. The van der Waals surface area contributed by atoms with Crippen LogP contribution in [0.3, 0.4) is 0 Å². The molecule has 19 heteroatoms. The van der Waals surface area contributed by atoms with Crippen LogP contribution in [0.15, 0.2) is 53.7 Å². The van der Waals surface area contributed by atoms with Gasteiger partial charge in [0.05, 0.1) is 19.2 Å². The van der Waals surface area contributed by atoms with Crippen molar-refractivity contribution in [3.63, 3.8) is 0 Å². The lowest BCUT2D eigenvalue weighted by atomic mass is 10.0. The molecule has 14 nitrogen and oxygen atoms in total. The number of carbonyl (C=O) groups is 3. The van der Waals surface area contributed by atoms with E-state index in [4.69, 9.17) is 5.73 Å². The minimum atomic E-state index is -1.34. The van der Waals surface area contributed by atoms with Gasteiger partial charge in [-0.05, 0) is 17.1 Å². The van der Waals surface area contributed by atoms with E-state index in [1.807, 2.05) is 0 Å². The molecule has 1 saturated heterocycles. The number of aliphatic carboxylic acids is 1. The molecule has 0 spiro atoms. The van der Waals surface area contributed by atoms with Crippen molar-refractivity contribution >= 4 is 101 Å². The fourth-order valence-electron chi connectivity index (χ4n) is 3.87. The van der Waals surface area contributed by atoms with Gasteiger partial charge in [0.2, 0.25) is 0 Å². The lowest BCUT2D eigenvalue weighted by molar-refractivity contribution is -0.382. The Bertz CT molecular complexity index is 1740. The van der Waals surface area contributed by atoms with E-state index < -0.39 is 39.8 Å². The van der Waals surface area contributed by atoms with Gasteiger partial charge in [0.25, 0.3) is 17.5 Å². The molecule has 1 unspecified atom stereocenters. The second kappa shape index (κ2) is 11.0. The number of nitrogens with one attached hydrogen (secondary N) is 1. The van der Waals surface area contributed by atoms with Crippen molar-refractivity contribution in [3.05, 3.63) is 65.6 Å². The molecule has 0 aliphatic carbocycles. The van der Waals surface area contributed by atoms with E-state index in [0.29, 0.717) is 14.5 Å². The van der Waals surface area contributed by atoms with Gasteiger partial charge in [-0.15, -0.1) is 45.8 Å². The van der Waals surface area contributed by atoms with Gasteiger partial charge >= 0.3 is 5.97 Å². The number of carbonyl (C=O) groups excluding carboxylic acids is 2. The summed E-state index contributed by atoms with van der Waals surface area (Å²) in [5, 5.41) is 39.5. The number of anilines is 1. The highest BCUT2D eigenvalue weighted by atomic mass is 32.2. The van der Waals surface area contributed by atoms with Gasteiger partial charge < -0.3 is 21.4 Å². The molecule has 5 rings (SSSR count). The third-order valence-electron chi connectivity index (χ3n) is 5.62. The van der Waals surface area contributed by atoms with Crippen LogP contribution in [-0.2, 0) is 14.4 Å². The number of thioether (sulfide) groups is 2. The molecular weight excluding hydrogens is 625 g/mol. The number of carboxylic acid groups (broad SMARTS) is 1. The maximum absolute atomic E-state index is 12.9. The van der Waals surface area contributed by atoms with Gasteiger partial charge in [-0.1, -0.05) is 16.9 Å². The Labute approximate surface area is 243 Å². The number of thiazole rings is 1. The van der Waals surface area contributed by atoms with E-state index in [1.165, 1.54) is 34.7 Å². The molecule has 0 bridgehead atoms. The predicted octanol–water partition coefficient (Wildman–Crippen LogP) is 2.49. The van der Waals surface area contributed by atoms with Crippen molar-refractivity contribution in [2.24, 2.45) is 5.16 Å². The summed E-state index contributed by atoms with van der Waals surface area (Å²) in [6, 6.07) is 0.293. The fourth-order valence-corrected chi connectivity index (χ4v) is 8.85. The number of hydrogen-bond acceptors (Lipinski definition) is 15. The van der Waals surface area contributed by atoms with Crippen LogP contribution < -0.4 is 16.5 Å². The van der Waals surface area contributed by atoms with Crippen LogP contribution in [0.2, 0.25) is 0 Å². The summed E-state index contributed by atoms with van der Waals surface area (Å²) in [6.07, 6.45) is 1.50. The number of aromatic nitrogens is 1. The molecule has 2 atom stereocenters. The first-order valence-electron chi connectivity index (χ1n) is 10.8. The van der Waals surface area contributed by atoms with Crippen LogP contribution in [0, 0.1) is 10.1 Å². The van der Waals surface area contributed by atoms with Crippen molar-refractivity contribution in [2.75, 3.05) is 11.5 Å². The molecule has 40 heavy (non-hydrogen) atoms. The van der Waals surface area contributed by atoms with Gasteiger partial charge in [-0.25, -0.2) is 9.78 Å². The van der Waals surface area contributed by atoms with E-state index in [2.05, 4.69) is 15.5 Å². The summed E-state index contributed by atoms with van der Waals surface area (Å²) in [5.41, 5.74) is 4.71. The van der Waals surface area contributed by atoms with Crippen LogP contribution in [0.5, 0.6) is 0 Å². The zero-order valence-electron chi connectivity index (χ0n) is 19.5. The molecule has 0 radical (unpaired) electrons. The van der Waals surface area contributed by atoms with Crippen LogP contribution in [0.1, 0.15) is 5.69 Å². The molecule has 5 heterocycles. The second-order valence-corrected chi connectivity index (χ2v) is 13.1. The lowest BCUT2D eigenvalue weighted by Gasteiger charge is -2.49. The quantitative estimate of drug-likeness (QED) is 0.0698.